The van der Waals surface area contributed by atoms with E-state index >= 15 is 0 Å². The maximum absolute atomic E-state index is 13.5. The molecule has 5 rings (SSSR count). The highest BCUT2D eigenvalue weighted by Crippen LogP contribution is 2.43. The quantitative estimate of drug-likeness (QED) is 0.580. The Balaban J connectivity index is 1.79. The van der Waals surface area contributed by atoms with E-state index in [0.717, 1.165) is 22.1 Å². The van der Waals surface area contributed by atoms with Gasteiger partial charge in [-0.25, -0.2) is 14.4 Å². The molecule has 7 heteroatoms. The van der Waals surface area contributed by atoms with Gasteiger partial charge < -0.3 is 14.6 Å². The first kappa shape index (κ1) is 17.4. The van der Waals surface area contributed by atoms with Crippen LogP contribution in [0.15, 0.2) is 65.3 Å². The molecule has 1 N–H and O–H groups in total. The topological polar surface area (TPSA) is 71.3 Å². The average molecular weight is 388 g/mol. The first-order valence-corrected chi connectivity index (χ1v) is 9.31. The van der Waals surface area contributed by atoms with Crippen molar-refractivity contribution in [2.45, 2.75) is 0 Å². The number of hydrogen-bond donors (Lipinski definition) is 1. The number of piperazine rings is 1. The third-order valence-corrected chi connectivity index (χ3v) is 4.98. The number of anilines is 1. The first-order valence-electron chi connectivity index (χ1n) is 9.31. The molecule has 2 aromatic carbocycles. The van der Waals surface area contributed by atoms with Crippen molar-refractivity contribution in [2.24, 2.45) is 0 Å². The van der Waals surface area contributed by atoms with Gasteiger partial charge in [0.15, 0.2) is 0 Å². The average Bonchev–Trinajstić information content (AvgIpc) is 3.14. The molecule has 0 aliphatic carbocycles. The highest BCUT2D eigenvalue weighted by Gasteiger charge is 2.26. The summed E-state index contributed by atoms with van der Waals surface area (Å²) in [7, 11) is 0. The van der Waals surface area contributed by atoms with Crippen molar-refractivity contribution in [3.8, 4) is 22.5 Å². The molecule has 1 amide bonds. The van der Waals surface area contributed by atoms with E-state index in [9.17, 15) is 9.18 Å². The smallest absolute Gasteiger partial charge is 0.239 e. The Hall–Kier alpha value is -3.74. The number of carbonyl (C=O) groups excluding carboxylic acids is 1. The van der Waals surface area contributed by atoms with Crippen LogP contribution in [0, 0.1) is 5.82 Å². The van der Waals surface area contributed by atoms with E-state index < -0.39 is 0 Å². The Morgan fingerprint density at radius 1 is 1.00 bits per heavy atom. The Morgan fingerprint density at radius 2 is 1.79 bits per heavy atom. The van der Waals surface area contributed by atoms with Crippen LogP contribution in [0.4, 0.5) is 10.2 Å². The summed E-state index contributed by atoms with van der Waals surface area (Å²) in [6.45, 7) is 1.41. The Bertz CT molecular complexity index is 1190. The molecule has 6 nitrogen and oxygen atoms in total. The van der Waals surface area contributed by atoms with E-state index in [4.69, 9.17) is 4.42 Å². The summed E-state index contributed by atoms with van der Waals surface area (Å²) in [6, 6.07) is 16.0. The van der Waals surface area contributed by atoms with Gasteiger partial charge in [-0.2, -0.15) is 0 Å². The van der Waals surface area contributed by atoms with Crippen molar-refractivity contribution in [3.63, 3.8) is 0 Å². The second-order valence-electron chi connectivity index (χ2n) is 6.83. The molecule has 144 valence electrons. The van der Waals surface area contributed by atoms with Crippen molar-refractivity contribution in [3.05, 3.63) is 66.7 Å². The van der Waals surface area contributed by atoms with E-state index in [2.05, 4.69) is 15.3 Å². The van der Waals surface area contributed by atoms with Gasteiger partial charge >= 0.3 is 0 Å². The van der Waals surface area contributed by atoms with Crippen LogP contribution >= 0.6 is 0 Å². The van der Waals surface area contributed by atoms with Crippen LogP contribution in [0.2, 0.25) is 0 Å². The van der Waals surface area contributed by atoms with Crippen molar-refractivity contribution in [1.82, 2.24) is 15.3 Å². The zero-order chi connectivity index (χ0) is 19.8. The Kier molecular flexibility index (Phi) is 4.20. The molecule has 0 spiro atoms. The summed E-state index contributed by atoms with van der Waals surface area (Å²) in [5, 5.41) is 3.57. The molecule has 0 bridgehead atoms. The number of rotatable bonds is 3. The van der Waals surface area contributed by atoms with Gasteiger partial charge in [0.2, 0.25) is 11.6 Å². The predicted molar refractivity (Wildman–Crippen MR) is 108 cm³/mol. The van der Waals surface area contributed by atoms with E-state index in [1.54, 1.807) is 12.1 Å². The van der Waals surface area contributed by atoms with Gasteiger partial charge in [0.1, 0.15) is 23.7 Å². The summed E-state index contributed by atoms with van der Waals surface area (Å²) >= 11 is 0. The van der Waals surface area contributed by atoms with Gasteiger partial charge in [-0.3, -0.25) is 4.79 Å². The fraction of sp³-hybridized carbons (Fsp3) is 0.136. The van der Waals surface area contributed by atoms with Crippen LogP contribution < -0.4 is 10.2 Å². The number of benzene rings is 2. The fourth-order valence-corrected chi connectivity index (χ4v) is 3.66. The monoisotopic (exact) mass is 388 g/mol. The SMILES string of the molecule is O=C1CN(c2ncnc3oc(-c4ccc(F)cc4)c(-c4ccccc4)c23)CCN1. The molecule has 0 saturated carbocycles. The van der Waals surface area contributed by atoms with Gasteiger partial charge in [0, 0.05) is 24.2 Å². The minimum atomic E-state index is -0.314. The molecule has 4 aromatic rings. The minimum absolute atomic E-state index is 0.0495. The second kappa shape index (κ2) is 7.01. The highest BCUT2D eigenvalue weighted by atomic mass is 19.1. The van der Waals surface area contributed by atoms with Gasteiger partial charge in [-0.15, -0.1) is 0 Å². The molecular weight excluding hydrogens is 371 g/mol. The van der Waals surface area contributed by atoms with Gasteiger partial charge in [0.25, 0.3) is 0 Å². The van der Waals surface area contributed by atoms with Crippen molar-refractivity contribution in [1.29, 1.82) is 0 Å². The summed E-state index contributed by atoms with van der Waals surface area (Å²) < 4.78 is 19.6. The van der Waals surface area contributed by atoms with Crippen LogP contribution in [-0.4, -0.2) is 35.5 Å². The molecule has 0 atom stereocenters. The first-order chi connectivity index (χ1) is 14.2. The number of furan rings is 1. The number of nitrogens with zero attached hydrogens (tertiary/aromatic N) is 3. The summed E-state index contributed by atoms with van der Waals surface area (Å²) in [5.41, 5.74) is 2.93. The van der Waals surface area contributed by atoms with Gasteiger partial charge in [0.05, 0.1) is 11.9 Å². The minimum Gasteiger partial charge on any atom is -0.437 e. The van der Waals surface area contributed by atoms with Crippen LogP contribution in [0.3, 0.4) is 0 Å². The van der Waals surface area contributed by atoms with Crippen LogP contribution in [0.5, 0.6) is 0 Å². The third-order valence-electron chi connectivity index (χ3n) is 4.98. The summed E-state index contributed by atoms with van der Waals surface area (Å²) in [5.74, 6) is 0.882. The zero-order valence-electron chi connectivity index (χ0n) is 15.4. The van der Waals surface area contributed by atoms with Crippen LogP contribution in [0.25, 0.3) is 33.6 Å². The summed E-state index contributed by atoms with van der Waals surface area (Å²) in [6.07, 6.45) is 1.44. The number of halogens is 1. The number of nitrogens with one attached hydrogen (secondary N) is 1. The Morgan fingerprint density at radius 3 is 2.55 bits per heavy atom. The van der Waals surface area contributed by atoms with Crippen molar-refractivity contribution < 1.29 is 13.6 Å². The van der Waals surface area contributed by atoms with E-state index in [1.807, 2.05) is 35.2 Å². The lowest BCUT2D eigenvalue weighted by Crippen LogP contribution is -2.48. The highest BCUT2D eigenvalue weighted by molar-refractivity contribution is 6.06. The standard InChI is InChI=1S/C22H17FN4O2/c23-16-8-6-15(7-9-16)20-18(14-4-2-1-3-5-14)19-21(25-13-26-22(19)29-20)27-11-10-24-17(28)12-27/h1-9,13H,10-12H2,(H,24,28). The molecule has 29 heavy (non-hydrogen) atoms. The zero-order valence-corrected chi connectivity index (χ0v) is 15.4. The molecule has 1 fully saturated rings. The maximum Gasteiger partial charge on any atom is 0.239 e. The number of carbonyl (C=O) groups is 1. The number of amides is 1. The predicted octanol–water partition coefficient (Wildman–Crippen LogP) is 3.63. The molecule has 1 aliphatic heterocycles. The lowest BCUT2D eigenvalue weighted by atomic mass is 9.99. The lowest BCUT2D eigenvalue weighted by Gasteiger charge is -2.28. The van der Waals surface area contributed by atoms with E-state index in [0.29, 0.717) is 30.4 Å². The van der Waals surface area contributed by atoms with Crippen molar-refractivity contribution in [2.75, 3.05) is 24.5 Å². The van der Waals surface area contributed by atoms with E-state index in [-0.39, 0.29) is 18.3 Å². The lowest BCUT2D eigenvalue weighted by molar-refractivity contribution is -0.120. The molecule has 0 radical (unpaired) electrons. The number of hydrogen-bond acceptors (Lipinski definition) is 5. The van der Waals surface area contributed by atoms with Gasteiger partial charge in [-0.05, 0) is 29.8 Å². The van der Waals surface area contributed by atoms with Crippen molar-refractivity contribution >= 4 is 22.8 Å². The number of aromatic nitrogens is 2. The molecule has 0 unspecified atom stereocenters. The maximum atomic E-state index is 13.5. The van der Waals surface area contributed by atoms with Crippen LogP contribution in [-0.2, 0) is 4.79 Å². The number of fused-ring (bicyclic) bond motifs is 1. The largest absolute Gasteiger partial charge is 0.437 e. The second-order valence-corrected chi connectivity index (χ2v) is 6.83. The molecule has 3 heterocycles. The molecule has 1 saturated heterocycles. The molecule has 2 aromatic heterocycles. The molecular formula is C22H17FN4O2. The fourth-order valence-electron chi connectivity index (χ4n) is 3.66. The van der Waals surface area contributed by atoms with Gasteiger partial charge in [-0.1, -0.05) is 30.3 Å². The molecule has 1 aliphatic rings. The van der Waals surface area contributed by atoms with E-state index in [1.165, 1.54) is 18.5 Å². The summed E-state index contributed by atoms with van der Waals surface area (Å²) in [4.78, 5) is 22.7. The third kappa shape index (κ3) is 3.10. The van der Waals surface area contributed by atoms with Crippen LogP contribution in [0.1, 0.15) is 0 Å². The Labute approximate surface area is 166 Å². The normalized spacial score (nSPS) is 14.2.